The number of rotatable bonds is 5. The molecule has 1 fully saturated rings. The Kier molecular flexibility index (Phi) is 5.91. The highest BCUT2D eigenvalue weighted by Crippen LogP contribution is 2.14. The normalized spacial score (nSPS) is 18.6. The maximum atomic E-state index is 12.1. The van der Waals surface area contributed by atoms with Crippen molar-refractivity contribution in [2.24, 2.45) is 0 Å². The first-order valence-electron chi connectivity index (χ1n) is 7.31. The Labute approximate surface area is 129 Å². The highest BCUT2D eigenvalue weighted by molar-refractivity contribution is 5.98. The van der Waals surface area contributed by atoms with E-state index in [2.05, 4.69) is 0 Å². The predicted molar refractivity (Wildman–Crippen MR) is 80.0 cm³/mol. The van der Waals surface area contributed by atoms with Crippen LogP contribution < -0.4 is 4.74 Å². The molecule has 1 saturated heterocycles. The van der Waals surface area contributed by atoms with Gasteiger partial charge in [0.25, 0.3) is 0 Å². The molecule has 2 rings (SSSR count). The molecule has 120 valence electrons. The first kappa shape index (κ1) is 16.5. The topological polar surface area (TPSA) is 76.1 Å². The average Bonchev–Trinajstić information content (AvgIpc) is 2.77. The lowest BCUT2D eigenvalue weighted by atomic mass is 10.1. The molecular formula is C16H21NO5. The van der Waals surface area contributed by atoms with Gasteiger partial charge >= 0.3 is 0 Å². The molecule has 22 heavy (non-hydrogen) atoms. The number of aliphatic hydroxyl groups is 1. The standard InChI is InChI=1S/C16H21NO5/c1-21-14-4-2-12(3-5-14)15(19)6-7-16(20)17-8-9-22-11-13(18)10-17/h2-5,13,18H,6-11H2,1H3/t13-/m0/s1. The minimum atomic E-state index is -0.663. The Bertz CT molecular complexity index is 514. The third kappa shape index (κ3) is 4.54. The Balaban J connectivity index is 1.85. The third-order valence-electron chi connectivity index (χ3n) is 3.58. The number of β-amino-alcohol motifs (C(OH)–C–C–N with tert-alkyl or cyclic N) is 1. The quantitative estimate of drug-likeness (QED) is 0.817. The molecule has 0 spiro atoms. The van der Waals surface area contributed by atoms with Crippen molar-refractivity contribution in [1.82, 2.24) is 4.90 Å². The lowest BCUT2D eigenvalue weighted by Crippen LogP contribution is -2.37. The molecule has 1 aliphatic heterocycles. The zero-order valence-electron chi connectivity index (χ0n) is 12.7. The molecule has 6 heteroatoms. The lowest BCUT2D eigenvalue weighted by molar-refractivity contribution is -0.132. The summed E-state index contributed by atoms with van der Waals surface area (Å²) in [4.78, 5) is 25.8. The number of ketones is 1. The van der Waals surface area contributed by atoms with Gasteiger partial charge in [0, 0.05) is 31.5 Å². The van der Waals surface area contributed by atoms with Crippen LogP contribution in [0.15, 0.2) is 24.3 Å². The van der Waals surface area contributed by atoms with Crippen molar-refractivity contribution >= 4 is 11.7 Å². The SMILES string of the molecule is COc1ccc(C(=O)CCC(=O)N2CCOC[C@@H](O)C2)cc1. The number of ether oxygens (including phenoxy) is 2. The number of benzene rings is 1. The van der Waals surface area contributed by atoms with Gasteiger partial charge in [-0.2, -0.15) is 0 Å². The summed E-state index contributed by atoms with van der Waals surface area (Å²) in [5, 5.41) is 9.62. The predicted octanol–water partition coefficient (Wildman–Crippen LogP) is 0.878. The van der Waals surface area contributed by atoms with Gasteiger partial charge in [0.05, 0.1) is 26.4 Å². The highest BCUT2D eigenvalue weighted by atomic mass is 16.5. The first-order chi connectivity index (χ1) is 10.6. The van der Waals surface area contributed by atoms with Gasteiger partial charge < -0.3 is 19.5 Å². The van der Waals surface area contributed by atoms with Crippen molar-refractivity contribution in [2.75, 3.05) is 33.4 Å². The maximum absolute atomic E-state index is 12.1. The van der Waals surface area contributed by atoms with E-state index < -0.39 is 6.10 Å². The summed E-state index contributed by atoms with van der Waals surface area (Å²) in [7, 11) is 1.56. The Morgan fingerprint density at radius 3 is 2.73 bits per heavy atom. The van der Waals surface area contributed by atoms with Gasteiger partial charge in [-0.25, -0.2) is 0 Å². The van der Waals surface area contributed by atoms with E-state index in [4.69, 9.17) is 9.47 Å². The van der Waals surface area contributed by atoms with Crippen molar-refractivity contribution in [2.45, 2.75) is 18.9 Å². The Morgan fingerprint density at radius 1 is 1.32 bits per heavy atom. The molecule has 1 aromatic carbocycles. The van der Waals surface area contributed by atoms with Crippen LogP contribution in [0.2, 0.25) is 0 Å². The molecular weight excluding hydrogens is 286 g/mol. The summed E-state index contributed by atoms with van der Waals surface area (Å²) in [6, 6.07) is 6.82. The Hall–Kier alpha value is -1.92. The van der Waals surface area contributed by atoms with Crippen molar-refractivity contribution in [1.29, 1.82) is 0 Å². The van der Waals surface area contributed by atoms with Gasteiger partial charge in [-0.1, -0.05) is 0 Å². The summed E-state index contributed by atoms with van der Waals surface area (Å²) in [5.74, 6) is 0.472. The van der Waals surface area contributed by atoms with E-state index in [1.54, 1.807) is 36.3 Å². The largest absolute Gasteiger partial charge is 0.497 e. The number of hydrogen-bond acceptors (Lipinski definition) is 5. The van der Waals surface area contributed by atoms with Crippen LogP contribution in [0.3, 0.4) is 0 Å². The van der Waals surface area contributed by atoms with E-state index in [-0.39, 0.29) is 37.7 Å². The monoisotopic (exact) mass is 307 g/mol. The van der Waals surface area contributed by atoms with Gasteiger partial charge in [0.2, 0.25) is 5.91 Å². The van der Waals surface area contributed by atoms with Crippen LogP contribution in [0.4, 0.5) is 0 Å². The second-order valence-electron chi connectivity index (χ2n) is 5.22. The summed E-state index contributed by atoms with van der Waals surface area (Å²) in [6.07, 6.45) is -0.375. The zero-order chi connectivity index (χ0) is 15.9. The molecule has 6 nitrogen and oxygen atoms in total. The molecule has 1 amide bonds. The molecule has 0 radical (unpaired) electrons. The smallest absolute Gasteiger partial charge is 0.223 e. The van der Waals surface area contributed by atoms with Gasteiger partial charge in [-0.15, -0.1) is 0 Å². The van der Waals surface area contributed by atoms with E-state index in [1.807, 2.05) is 0 Å². The number of nitrogens with zero attached hydrogens (tertiary/aromatic N) is 1. The van der Waals surface area contributed by atoms with Crippen LogP contribution in [0.25, 0.3) is 0 Å². The number of carbonyl (C=O) groups is 2. The van der Waals surface area contributed by atoms with Crippen molar-refractivity contribution < 1.29 is 24.2 Å². The molecule has 0 unspecified atom stereocenters. The fourth-order valence-electron chi connectivity index (χ4n) is 2.32. The lowest BCUT2D eigenvalue weighted by Gasteiger charge is -2.21. The van der Waals surface area contributed by atoms with Gasteiger partial charge in [-0.05, 0) is 24.3 Å². The average molecular weight is 307 g/mol. The molecule has 0 bridgehead atoms. The molecule has 1 aliphatic rings. The van der Waals surface area contributed by atoms with Crippen molar-refractivity contribution in [3.8, 4) is 5.75 Å². The second kappa shape index (κ2) is 7.91. The molecule has 0 aromatic heterocycles. The second-order valence-corrected chi connectivity index (χ2v) is 5.22. The molecule has 0 aliphatic carbocycles. The van der Waals surface area contributed by atoms with Gasteiger partial charge in [0.15, 0.2) is 5.78 Å². The number of hydrogen-bond donors (Lipinski definition) is 1. The molecule has 1 atom stereocenters. The fraction of sp³-hybridized carbons (Fsp3) is 0.500. The van der Waals surface area contributed by atoms with Crippen LogP contribution in [-0.4, -0.2) is 61.2 Å². The maximum Gasteiger partial charge on any atom is 0.223 e. The van der Waals surface area contributed by atoms with Crippen LogP contribution in [-0.2, 0) is 9.53 Å². The Morgan fingerprint density at radius 2 is 2.05 bits per heavy atom. The van der Waals surface area contributed by atoms with Gasteiger partial charge in [0.1, 0.15) is 5.75 Å². The highest BCUT2D eigenvalue weighted by Gasteiger charge is 2.21. The number of Topliss-reactive ketones (excluding diaryl/α,β-unsaturated/α-hetero) is 1. The van der Waals surface area contributed by atoms with Crippen molar-refractivity contribution in [3.63, 3.8) is 0 Å². The van der Waals surface area contributed by atoms with Crippen molar-refractivity contribution in [3.05, 3.63) is 29.8 Å². The van der Waals surface area contributed by atoms with Crippen LogP contribution in [0.5, 0.6) is 5.75 Å². The number of carbonyl (C=O) groups excluding carboxylic acids is 2. The fourth-order valence-corrected chi connectivity index (χ4v) is 2.32. The van der Waals surface area contributed by atoms with Crippen LogP contribution >= 0.6 is 0 Å². The number of methoxy groups -OCH3 is 1. The zero-order valence-corrected chi connectivity index (χ0v) is 12.7. The minimum absolute atomic E-state index is 0.0809. The summed E-state index contributed by atoms with van der Waals surface area (Å²) >= 11 is 0. The summed E-state index contributed by atoms with van der Waals surface area (Å²) in [5.41, 5.74) is 0.563. The first-order valence-corrected chi connectivity index (χ1v) is 7.31. The van der Waals surface area contributed by atoms with E-state index in [0.29, 0.717) is 24.5 Å². The number of amides is 1. The molecule has 1 N–H and O–H groups in total. The van der Waals surface area contributed by atoms with E-state index >= 15 is 0 Å². The van der Waals surface area contributed by atoms with E-state index in [0.717, 1.165) is 0 Å². The molecule has 0 saturated carbocycles. The van der Waals surface area contributed by atoms with Gasteiger partial charge in [-0.3, -0.25) is 9.59 Å². The summed E-state index contributed by atoms with van der Waals surface area (Å²) in [6.45, 7) is 1.37. The minimum Gasteiger partial charge on any atom is -0.497 e. The summed E-state index contributed by atoms with van der Waals surface area (Å²) < 4.78 is 10.2. The molecule has 1 aromatic rings. The third-order valence-corrected chi connectivity index (χ3v) is 3.58. The van der Waals surface area contributed by atoms with E-state index in [1.165, 1.54) is 0 Å². The number of aliphatic hydroxyl groups excluding tert-OH is 1. The van der Waals surface area contributed by atoms with Crippen LogP contribution in [0, 0.1) is 0 Å². The molecule has 1 heterocycles. The van der Waals surface area contributed by atoms with E-state index in [9.17, 15) is 14.7 Å². The van der Waals surface area contributed by atoms with Crippen LogP contribution in [0.1, 0.15) is 23.2 Å².